The SMILES string of the molecule is C=CCC(O)c1cccc(OC)c1N. The molecule has 0 aromatic heterocycles. The molecule has 0 saturated carbocycles. The number of hydrogen-bond acceptors (Lipinski definition) is 3. The van der Waals surface area contributed by atoms with Crippen LogP contribution >= 0.6 is 0 Å². The molecule has 0 aliphatic carbocycles. The molecule has 0 bridgehead atoms. The quantitative estimate of drug-likeness (QED) is 0.567. The van der Waals surface area contributed by atoms with Gasteiger partial charge in [0.1, 0.15) is 5.75 Å². The molecule has 1 unspecified atom stereocenters. The van der Waals surface area contributed by atoms with Gasteiger partial charge < -0.3 is 15.6 Å². The van der Waals surface area contributed by atoms with E-state index in [4.69, 9.17) is 10.5 Å². The Labute approximate surface area is 83.8 Å². The Balaban J connectivity index is 3.02. The van der Waals surface area contributed by atoms with Crippen molar-refractivity contribution in [3.05, 3.63) is 36.4 Å². The first-order valence-corrected chi connectivity index (χ1v) is 4.42. The molecule has 0 fully saturated rings. The number of ether oxygens (including phenoxy) is 1. The van der Waals surface area contributed by atoms with Crippen molar-refractivity contribution in [3.63, 3.8) is 0 Å². The molecule has 0 aliphatic heterocycles. The standard InChI is InChI=1S/C11H15NO2/c1-3-5-9(13)8-6-4-7-10(14-2)11(8)12/h3-4,6-7,9,13H,1,5,12H2,2H3. The Bertz CT molecular complexity index is 323. The van der Waals surface area contributed by atoms with Gasteiger partial charge in [0, 0.05) is 5.56 Å². The number of rotatable bonds is 4. The molecule has 0 heterocycles. The average molecular weight is 193 g/mol. The number of aliphatic hydroxyl groups is 1. The Morgan fingerprint density at radius 1 is 1.64 bits per heavy atom. The minimum Gasteiger partial charge on any atom is -0.495 e. The third kappa shape index (κ3) is 2.06. The molecule has 76 valence electrons. The van der Waals surface area contributed by atoms with Gasteiger partial charge in [0.15, 0.2) is 0 Å². The summed E-state index contributed by atoms with van der Waals surface area (Å²) in [5.74, 6) is 0.589. The Hall–Kier alpha value is -1.48. The van der Waals surface area contributed by atoms with Crippen molar-refractivity contribution >= 4 is 5.69 Å². The summed E-state index contributed by atoms with van der Waals surface area (Å²) >= 11 is 0. The van der Waals surface area contributed by atoms with E-state index in [1.54, 1.807) is 31.4 Å². The molecular weight excluding hydrogens is 178 g/mol. The zero-order valence-electron chi connectivity index (χ0n) is 8.23. The minimum absolute atomic E-state index is 0.483. The van der Waals surface area contributed by atoms with Crippen LogP contribution in [0.4, 0.5) is 5.69 Å². The van der Waals surface area contributed by atoms with Crippen molar-refractivity contribution in [1.82, 2.24) is 0 Å². The van der Waals surface area contributed by atoms with E-state index in [0.29, 0.717) is 23.4 Å². The highest BCUT2D eigenvalue weighted by molar-refractivity contribution is 5.59. The van der Waals surface area contributed by atoms with Crippen LogP contribution in [0.1, 0.15) is 18.1 Å². The van der Waals surface area contributed by atoms with Crippen LogP contribution in [-0.4, -0.2) is 12.2 Å². The van der Waals surface area contributed by atoms with Crippen molar-refractivity contribution in [2.75, 3.05) is 12.8 Å². The van der Waals surface area contributed by atoms with E-state index < -0.39 is 6.10 Å². The third-order valence-electron chi connectivity index (χ3n) is 2.07. The van der Waals surface area contributed by atoms with Crippen molar-refractivity contribution in [2.45, 2.75) is 12.5 Å². The van der Waals surface area contributed by atoms with Gasteiger partial charge in [-0.25, -0.2) is 0 Å². The summed E-state index contributed by atoms with van der Waals surface area (Å²) in [6, 6.07) is 5.35. The number of anilines is 1. The van der Waals surface area contributed by atoms with Crippen LogP contribution in [0, 0.1) is 0 Å². The minimum atomic E-state index is -0.609. The van der Waals surface area contributed by atoms with Crippen LogP contribution in [0.5, 0.6) is 5.75 Å². The predicted molar refractivity (Wildman–Crippen MR) is 57.2 cm³/mol. The van der Waals surface area contributed by atoms with E-state index >= 15 is 0 Å². The zero-order valence-corrected chi connectivity index (χ0v) is 8.23. The second-order valence-electron chi connectivity index (χ2n) is 3.00. The van der Waals surface area contributed by atoms with Gasteiger partial charge >= 0.3 is 0 Å². The lowest BCUT2D eigenvalue weighted by Crippen LogP contribution is -2.03. The normalized spacial score (nSPS) is 12.1. The fraction of sp³-hybridized carbons (Fsp3) is 0.273. The number of nitrogens with two attached hydrogens (primary N) is 1. The number of hydrogen-bond donors (Lipinski definition) is 2. The second-order valence-corrected chi connectivity index (χ2v) is 3.00. The van der Waals surface area contributed by atoms with Gasteiger partial charge in [0.25, 0.3) is 0 Å². The smallest absolute Gasteiger partial charge is 0.142 e. The molecule has 0 aliphatic rings. The van der Waals surface area contributed by atoms with Crippen molar-refractivity contribution < 1.29 is 9.84 Å². The Morgan fingerprint density at radius 3 is 2.93 bits per heavy atom. The highest BCUT2D eigenvalue weighted by atomic mass is 16.5. The molecule has 1 atom stereocenters. The lowest BCUT2D eigenvalue weighted by Gasteiger charge is -2.13. The molecule has 1 aromatic rings. The lowest BCUT2D eigenvalue weighted by molar-refractivity contribution is 0.182. The summed E-state index contributed by atoms with van der Waals surface area (Å²) in [7, 11) is 1.55. The monoisotopic (exact) mass is 193 g/mol. The maximum atomic E-state index is 9.71. The molecule has 0 saturated heterocycles. The van der Waals surface area contributed by atoms with Crippen LogP contribution in [0.15, 0.2) is 30.9 Å². The Kier molecular flexibility index (Phi) is 3.54. The molecular formula is C11H15NO2. The summed E-state index contributed by atoms with van der Waals surface area (Å²) in [4.78, 5) is 0. The largest absolute Gasteiger partial charge is 0.495 e. The van der Waals surface area contributed by atoms with Gasteiger partial charge in [-0.05, 0) is 12.5 Å². The van der Waals surface area contributed by atoms with Crippen molar-refractivity contribution in [2.24, 2.45) is 0 Å². The molecule has 3 N–H and O–H groups in total. The van der Waals surface area contributed by atoms with E-state index in [2.05, 4.69) is 6.58 Å². The van der Waals surface area contributed by atoms with Crippen LogP contribution in [-0.2, 0) is 0 Å². The molecule has 1 rings (SSSR count). The maximum Gasteiger partial charge on any atom is 0.142 e. The number of aliphatic hydroxyl groups excluding tert-OH is 1. The molecule has 0 amide bonds. The summed E-state index contributed by atoms with van der Waals surface area (Å²) in [6.07, 6.45) is 1.53. The summed E-state index contributed by atoms with van der Waals surface area (Å²) in [5, 5.41) is 9.71. The highest BCUT2D eigenvalue weighted by Crippen LogP contribution is 2.30. The zero-order chi connectivity index (χ0) is 10.6. The van der Waals surface area contributed by atoms with Crippen molar-refractivity contribution in [3.8, 4) is 5.75 Å². The number of para-hydroxylation sites is 1. The summed E-state index contributed by atoms with van der Waals surface area (Å²) < 4.78 is 5.05. The van der Waals surface area contributed by atoms with E-state index in [0.717, 1.165) is 0 Å². The van der Waals surface area contributed by atoms with E-state index in [1.165, 1.54) is 0 Å². The van der Waals surface area contributed by atoms with Gasteiger partial charge in [-0.15, -0.1) is 6.58 Å². The lowest BCUT2D eigenvalue weighted by atomic mass is 10.0. The van der Waals surface area contributed by atoms with Gasteiger partial charge in [-0.2, -0.15) is 0 Å². The predicted octanol–water partition coefficient (Wildman–Crippen LogP) is 1.89. The topological polar surface area (TPSA) is 55.5 Å². The highest BCUT2D eigenvalue weighted by Gasteiger charge is 2.11. The molecule has 0 spiro atoms. The first-order chi connectivity index (χ1) is 6.70. The fourth-order valence-corrected chi connectivity index (χ4v) is 1.31. The molecule has 3 nitrogen and oxygen atoms in total. The van der Waals surface area contributed by atoms with Crippen LogP contribution in [0.3, 0.4) is 0 Å². The molecule has 1 aromatic carbocycles. The number of benzene rings is 1. The van der Waals surface area contributed by atoms with E-state index in [9.17, 15) is 5.11 Å². The molecule has 3 heteroatoms. The average Bonchev–Trinajstić information content (AvgIpc) is 2.18. The van der Waals surface area contributed by atoms with Crippen LogP contribution in [0.2, 0.25) is 0 Å². The van der Waals surface area contributed by atoms with Gasteiger partial charge in [0.05, 0.1) is 18.9 Å². The number of nitrogen functional groups attached to an aromatic ring is 1. The van der Waals surface area contributed by atoms with Crippen molar-refractivity contribution in [1.29, 1.82) is 0 Å². The first kappa shape index (κ1) is 10.6. The summed E-state index contributed by atoms with van der Waals surface area (Å²) in [5.41, 5.74) is 6.98. The first-order valence-electron chi connectivity index (χ1n) is 4.42. The number of methoxy groups -OCH3 is 1. The molecule has 0 radical (unpaired) electrons. The maximum absolute atomic E-state index is 9.71. The fourth-order valence-electron chi connectivity index (χ4n) is 1.31. The van der Waals surface area contributed by atoms with E-state index in [-0.39, 0.29) is 0 Å². The van der Waals surface area contributed by atoms with Crippen LogP contribution < -0.4 is 10.5 Å². The van der Waals surface area contributed by atoms with Crippen LogP contribution in [0.25, 0.3) is 0 Å². The Morgan fingerprint density at radius 2 is 2.36 bits per heavy atom. The van der Waals surface area contributed by atoms with Gasteiger partial charge in [-0.3, -0.25) is 0 Å². The summed E-state index contributed by atoms with van der Waals surface area (Å²) in [6.45, 7) is 3.57. The second kappa shape index (κ2) is 4.67. The third-order valence-corrected chi connectivity index (χ3v) is 2.07. The van der Waals surface area contributed by atoms with Gasteiger partial charge in [0.2, 0.25) is 0 Å². The van der Waals surface area contributed by atoms with E-state index in [1.807, 2.05) is 0 Å². The molecule has 14 heavy (non-hydrogen) atoms. The van der Waals surface area contributed by atoms with Gasteiger partial charge in [-0.1, -0.05) is 18.2 Å².